The van der Waals surface area contributed by atoms with Gasteiger partial charge in [0, 0.05) is 16.3 Å². The van der Waals surface area contributed by atoms with Crippen LogP contribution in [0.1, 0.15) is 6.92 Å². The molecule has 5 nitrogen and oxygen atoms in total. The molecule has 1 atom stereocenters. The van der Waals surface area contributed by atoms with Gasteiger partial charge in [-0.1, -0.05) is 60.1 Å². The number of hydrogen-bond donors (Lipinski definition) is 2. The molecule has 0 spiro atoms. The summed E-state index contributed by atoms with van der Waals surface area (Å²) in [5, 5.41) is 6.00. The van der Waals surface area contributed by atoms with Crippen molar-refractivity contribution in [2.75, 3.05) is 10.6 Å². The Morgan fingerprint density at radius 1 is 1.04 bits per heavy atom. The van der Waals surface area contributed by atoms with Gasteiger partial charge in [-0.25, -0.2) is 0 Å². The monoisotopic (exact) mass is 392 g/mol. The van der Waals surface area contributed by atoms with E-state index in [0.29, 0.717) is 22.1 Å². The molecule has 3 aromatic carbocycles. The zero-order chi connectivity index (χ0) is 19.7. The van der Waals surface area contributed by atoms with E-state index in [-0.39, 0.29) is 0 Å². The van der Waals surface area contributed by atoms with Gasteiger partial charge in [0.2, 0.25) is 0 Å². The van der Waals surface area contributed by atoms with Crippen LogP contribution in [0, 0.1) is 0 Å². The van der Waals surface area contributed by atoms with Gasteiger partial charge in [0.15, 0.2) is 0 Å². The first-order valence-electron chi connectivity index (χ1n) is 8.73. The number of halogens is 1. The zero-order valence-electron chi connectivity index (χ0n) is 15.0. The molecule has 0 fully saturated rings. The second-order valence-corrected chi connectivity index (χ2v) is 7.03. The topological polar surface area (TPSA) is 67.4 Å². The SMILES string of the molecule is CC1(C(=O)Nc2ccccc2-c2ccccc2)Oc2ccc(Cl)cc2NC1=O. The summed E-state index contributed by atoms with van der Waals surface area (Å²) >= 11 is 5.95. The van der Waals surface area contributed by atoms with Crippen LogP contribution in [-0.4, -0.2) is 17.4 Å². The van der Waals surface area contributed by atoms with Gasteiger partial charge >= 0.3 is 0 Å². The van der Waals surface area contributed by atoms with E-state index in [0.717, 1.165) is 11.1 Å². The predicted molar refractivity (Wildman–Crippen MR) is 110 cm³/mol. The van der Waals surface area contributed by atoms with Gasteiger partial charge < -0.3 is 15.4 Å². The van der Waals surface area contributed by atoms with Crippen LogP contribution >= 0.6 is 11.6 Å². The van der Waals surface area contributed by atoms with E-state index in [2.05, 4.69) is 10.6 Å². The van der Waals surface area contributed by atoms with E-state index in [1.54, 1.807) is 24.3 Å². The summed E-state index contributed by atoms with van der Waals surface area (Å²) in [6.45, 7) is 1.44. The van der Waals surface area contributed by atoms with Crippen molar-refractivity contribution in [3.63, 3.8) is 0 Å². The van der Waals surface area contributed by atoms with Crippen molar-refractivity contribution in [2.24, 2.45) is 0 Å². The first kappa shape index (κ1) is 18.1. The van der Waals surface area contributed by atoms with Crippen LogP contribution in [0.2, 0.25) is 5.02 Å². The van der Waals surface area contributed by atoms with Crippen LogP contribution in [0.3, 0.4) is 0 Å². The molecule has 0 aliphatic carbocycles. The number of carbonyl (C=O) groups is 2. The van der Waals surface area contributed by atoms with E-state index < -0.39 is 17.4 Å². The van der Waals surface area contributed by atoms with Crippen LogP contribution in [0.15, 0.2) is 72.8 Å². The smallest absolute Gasteiger partial charge is 0.278 e. The Hall–Kier alpha value is -3.31. The number of benzene rings is 3. The highest BCUT2D eigenvalue weighted by Crippen LogP contribution is 2.36. The molecule has 0 radical (unpaired) electrons. The number of carbonyl (C=O) groups excluding carboxylic acids is 2. The molecular weight excluding hydrogens is 376 g/mol. The fourth-order valence-corrected chi connectivity index (χ4v) is 3.22. The number of rotatable bonds is 3. The number of ether oxygens (including phenoxy) is 1. The molecule has 3 aromatic rings. The largest absolute Gasteiger partial charge is 0.466 e. The molecule has 140 valence electrons. The van der Waals surface area contributed by atoms with Crippen LogP contribution in [-0.2, 0) is 9.59 Å². The summed E-state index contributed by atoms with van der Waals surface area (Å²) in [6.07, 6.45) is 0. The van der Waals surface area contributed by atoms with Crippen LogP contribution < -0.4 is 15.4 Å². The van der Waals surface area contributed by atoms with Crippen molar-refractivity contribution >= 4 is 34.8 Å². The van der Waals surface area contributed by atoms with Crippen molar-refractivity contribution in [1.29, 1.82) is 0 Å². The minimum atomic E-state index is -1.72. The Labute approximate surface area is 167 Å². The number of hydrogen-bond acceptors (Lipinski definition) is 3. The maximum absolute atomic E-state index is 13.0. The molecule has 1 aliphatic heterocycles. The Morgan fingerprint density at radius 2 is 1.75 bits per heavy atom. The van der Waals surface area contributed by atoms with Gasteiger partial charge in [-0.2, -0.15) is 0 Å². The number of para-hydroxylation sites is 1. The normalized spacial score (nSPS) is 17.9. The molecule has 2 amide bonds. The zero-order valence-corrected chi connectivity index (χ0v) is 15.8. The minimum absolute atomic E-state index is 0.387. The summed E-state index contributed by atoms with van der Waals surface area (Å²) in [5.74, 6) is -0.732. The van der Waals surface area contributed by atoms with Gasteiger partial charge in [-0.3, -0.25) is 9.59 Å². The molecular formula is C22H17ClN2O3. The highest BCUT2D eigenvalue weighted by atomic mass is 35.5. The van der Waals surface area contributed by atoms with Gasteiger partial charge in [-0.05, 0) is 36.8 Å². The second-order valence-electron chi connectivity index (χ2n) is 6.60. The minimum Gasteiger partial charge on any atom is -0.466 e. The number of fused-ring (bicyclic) bond motifs is 1. The third kappa shape index (κ3) is 3.21. The van der Waals surface area contributed by atoms with Crippen molar-refractivity contribution in [2.45, 2.75) is 12.5 Å². The van der Waals surface area contributed by atoms with Gasteiger partial charge in [-0.15, -0.1) is 0 Å². The third-order valence-corrected chi connectivity index (χ3v) is 4.87. The molecule has 0 saturated heterocycles. The van der Waals surface area contributed by atoms with Crippen LogP contribution in [0.5, 0.6) is 5.75 Å². The average molecular weight is 393 g/mol. The van der Waals surface area contributed by atoms with E-state index in [1.807, 2.05) is 48.5 Å². The Kier molecular flexibility index (Phi) is 4.53. The van der Waals surface area contributed by atoms with Gasteiger partial charge in [0.1, 0.15) is 5.75 Å². The van der Waals surface area contributed by atoms with E-state index in [9.17, 15) is 9.59 Å². The molecule has 28 heavy (non-hydrogen) atoms. The quantitative estimate of drug-likeness (QED) is 0.633. The molecule has 1 heterocycles. The summed E-state index contributed by atoms with van der Waals surface area (Å²) in [4.78, 5) is 25.7. The second kappa shape index (κ2) is 7.02. The molecule has 4 rings (SSSR count). The molecule has 1 aliphatic rings. The standard InChI is InChI=1S/C22H17ClN2O3/c1-22(21(27)25-18-13-15(23)11-12-19(18)28-22)20(26)24-17-10-6-5-9-16(17)14-7-3-2-4-8-14/h2-13H,1H3,(H,24,26)(H,25,27). The Balaban J connectivity index is 1.64. The fraction of sp³-hybridized carbons (Fsp3) is 0.0909. The lowest BCUT2D eigenvalue weighted by Crippen LogP contribution is -2.56. The van der Waals surface area contributed by atoms with E-state index in [4.69, 9.17) is 16.3 Å². The third-order valence-electron chi connectivity index (χ3n) is 4.63. The summed E-state index contributed by atoms with van der Waals surface area (Å²) in [5.41, 5.74) is 1.12. The highest BCUT2D eigenvalue weighted by molar-refractivity contribution is 6.31. The lowest BCUT2D eigenvalue weighted by Gasteiger charge is -2.33. The number of nitrogens with one attached hydrogen (secondary N) is 2. The lowest BCUT2D eigenvalue weighted by molar-refractivity contribution is -0.143. The molecule has 0 saturated carbocycles. The summed E-state index contributed by atoms with van der Waals surface area (Å²) < 4.78 is 5.78. The molecule has 2 N–H and O–H groups in total. The summed E-state index contributed by atoms with van der Waals surface area (Å²) in [7, 11) is 0. The predicted octanol–water partition coefficient (Wildman–Crippen LogP) is 4.74. The Morgan fingerprint density at radius 3 is 2.54 bits per heavy atom. The van der Waals surface area contributed by atoms with E-state index >= 15 is 0 Å². The van der Waals surface area contributed by atoms with Crippen LogP contribution in [0.4, 0.5) is 11.4 Å². The van der Waals surface area contributed by atoms with Crippen molar-refractivity contribution in [1.82, 2.24) is 0 Å². The van der Waals surface area contributed by atoms with Crippen molar-refractivity contribution in [3.05, 3.63) is 77.8 Å². The summed E-state index contributed by atoms with van der Waals surface area (Å²) in [6, 6.07) is 21.9. The number of amides is 2. The van der Waals surface area contributed by atoms with Crippen molar-refractivity contribution < 1.29 is 14.3 Å². The lowest BCUT2D eigenvalue weighted by atomic mass is 10.00. The Bertz CT molecular complexity index is 1070. The molecule has 0 aromatic heterocycles. The maximum Gasteiger partial charge on any atom is 0.278 e. The molecule has 1 unspecified atom stereocenters. The fourth-order valence-electron chi connectivity index (χ4n) is 3.05. The average Bonchev–Trinajstić information content (AvgIpc) is 2.70. The first-order valence-corrected chi connectivity index (χ1v) is 9.11. The molecule has 6 heteroatoms. The first-order chi connectivity index (χ1) is 13.5. The maximum atomic E-state index is 13.0. The van der Waals surface area contributed by atoms with Gasteiger partial charge in [0.25, 0.3) is 17.4 Å². The molecule has 0 bridgehead atoms. The highest BCUT2D eigenvalue weighted by Gasteiger charge is 2.47. The van der Waals surface area contributed by atoms with Crippen LogP contribution in [0.25, 0.3) is 11.1 Å². The van der Waals surface area contributed by atoms with E-state index in [1.165, 1.54) is 6.92 Å². The number of anilines is 2. The van der Waals surface area contributed by atoms with Crippen molar-refractivity contribution in [3.8, 4) is 16.9 Å². The van der Waals surface area contributed by atoms with Gasteiger partial charge in [0.05, 0.1) is 5.69 Å².